The molecule has 4 rings (SSSR count). The molecule has 1 aromatic heterocycles. The highest BCUT2D eigenvalue weighted by Gasteiger charge is 2.22. The molecule has 0 saturated carbocycles. The first-order valence-electron chi connectivity index (χ1n) is 10.4. The lowest BCUT2D eigenvalue weighted by Gasteiger charge is -2.17. The fourth-order valence-electron chi connectivity index (χ4n) is 4.26. The Labute approximate surface area is 168 Å². The highest BCUT2D eigenvalue weighted by Crippen LogP contribution is 2.31. The average molecular weight is 370 g/mol. The van der Waals surface area contributed by atoms with Crippen molar-refractivity contribution in [3.63, 3.8) is 0 Å². The zero-order valence-corrected chi connectivity index (χ0v) is 16.9. The van der Waals surface area contributed by atoms with Crippen LogP contribution in [0.1, 0.15) is 20.3 Å². The number of pyridine rings is 1. The summed E-state index contributed by atoms with van der Waals surface area (Å²) in [6.07, 6.45) is 1.15. The minimum absolute atomic E-state index is 1.02. The summed E-state index contributed by atoms with van der Waals surface area (Å²) in [6, 6.07) is 28.5. The largest absolute Gasteiger partial charge is 0.304 e. The summed E-state index contributed by atoms with van der Waals surface area (Å²) >= 11 is 0. The van der Waals surface area contributed by atoms with Crippen molar-refractivity contribution < 1.29 is 4.57 Å². The van der Waals surface area contributed by atoms with Gasteiger partial charge in [-0.15, -0.1) is 0 Å². The van der Waals surface area contributed by atoms with Crippen LogP contribution in [-0.2, 0) is 6.54 Å². The van der Waals surface area contributed by atoms with E-state index >= 15 is 0 Å². The van der Waals surface area contributed by atoms with E-state index in [1.807, 2.05) is 0 Å². The molecule has 0 amide bonds. The summed E-state index contributed by atoms with van der Waals surface area (Å²) in [5.74, 6) is 0. The zero-order chi connectivity index (χ0) is 19.3. The highest BCUT2D eigenvalue weighted by atomic mass is 15.1. The lowest BCUT2D eigenvalue weighted by molar-refractivity contribution is -0.659. The second-order valence-corrected chi connectivity index (χ2v) is 7.31. The molecule has 28 heavy (non-hydrogen) atoms. The van der Waals surface area contributed by atoms with Crippen LogP contribution in [0, 0.1) is 0 Å². The third-order valence-corrected chi connectivity index (χ3v) is 5.73. The average Bonchev–Trinajstić information content (AvgIpc) is 2.77. The molecule has 0 unspecified atom stereocenters. The van der Waals surface area contributed by atoms with Crippen LogP contribution in [0.4, 0.5) is 0 Å². The Kier molecular flexibility index (Phi) is 5.68. The molecule has 1 heterocycles. The van der Waals surface area contributed by atoms with Crippen LogP contribution >= 0.6 is 0 Å². The maximum Gasteiger partial charge on any atom is 0.220 e. The maximum absolute atomic E-state index is 2.54. The van der Waals surface area contributed by atoms with E-state index in [9.17, 15) is 0 Å². The van der Waals surface area contributed by atoms with Crippen LogP contribution in [-0.4, -0.2) is 24.5 Å². The number of rotatable bonds is 7. The molecule has 0 saturated heterocycles. The van der Waals surface area contributed by atoms with Gasteiger partial charge in [0.05, 0.1) is 10.8 Å². The van der Waals surface area contributed by atoms with E-state index in [2.05, 4.69) is 102 Å². The van der Waals surface area contributed by atoms with Crippen molar-refractivity contribution in [2.75, 3.05) is 19.6 Å². The second-order valence-electron chi connectivity index (χ2n) is 7.31. The van der Waals surface area contributed by atoms with Crippen LogP contribution in [0.25, 0.3) is 32.9 Å². The van der Waals surface area contributed by atoms with Crippen LogP contribution in [0.5, 0.6) is 0 Å². The van der Waals surface area contributed by atoms with E-state index in [0.29, 0.717) is 0 Å². The van der Waals surface area contributed by atoms with Crippen LogP contribution < -0.4 is 4.57 Å². The molecule has 2 nitrogen and oxygen atoms in total. The van der Waals surface area contributed by atoms with Gasteiger partial charge in [-0.25, -0.2) is 0 Å². The molecule has 142 valence electrons. The van der Waals surface area contributed by atoms with E-state index in [-0.39, 0.29) is 0 Å². The molecule has 0 fully saturated rings. The quantitative estimate of drug-likeness (QED) is 0.300. The van der Waals surface area contributed by atoms with Crippen molar-refractivity contribution in [3.05, 3.63) is 78.9 Å². The van der Waals surface area contributed by atoms with Gasteiger partial charge >= 0.3 is 0 Å². The normalized spacial score (nSPS) is 11.5. The number of para-hydroxylation sites is 1. The van der Waals surface area contributed by atoms with E-state index in [1.165, 1.54) is 32.9 Å². The number of hydrogen-bond donors (Lipinski definition) is 0. The minimum atomic E-state index is 1.02. The fraction of sp³-hybridized carbons (Fsp3) is 0.269. The summed E-state index contributed by atoms with van der Waals surface area (Å²) in [7, 11) is 0. The van der Waals surface area contributed by atoms with Gasteiger partial charge in [0.25, 0.3) is 0 Å². The van der Waals surface area contributed by atoms with Gasteiger partial charge in [-0.3, -0.25) is 0 Å². The van der Waals surface area contributed by atoms with Gasteiger partial charge in [-0.1, -0.05) is 62.4 Å². The van der Waals surface area contributed by atoms with Crippen LogP contribution in [0.3, 0.4) is 0 Å². The third kappa shape index (κ3) is 3.53. The van der Waals surface area contributed by atoms with E-state index in [4.69, 9.17) is 0 Å². The molecule has 0 atom stereocenters. The summed E-state index contributed by atoms with van der Waals surface area (Å²) in [4.78, 5) is 2.51. The Morgan fingerprint density at radius 3 is 2.00 bits per heavy atom. The molecule has 2 heteroatoms. The molecule has 0 spiro atoms. The molecule has 3 aromatic carbocycles. The van der Waals surface area contributed by atoms with E-state index in [0.717, 1.165) is 32.6 Å². The van der Waals surface area contributed by atoms with Gasteiger partial charge in [0, 0.05) is 30.0 Å². The fourth-order valence-corrected chi connectivity index (χ4v) is 4.26. The Balaban J connectivity index is 1.92. The maximum atomic E-state index is 2.54. The molecule has 0 aliphatic heterocycles. The Hall–Kier alpha value is -2.71. The molecule has 4 aromatic rings. The van der Waals surface area contributed by atoms with E-state index < -0.39 is 0 Å². The summed E-state index contributed by atoms with van der Waals surface area (Å²) in [6.45, 7) is 8.88. The van der Waals surface area contributed by atoms with Crippen molar-refractivity contribution in [2.24, 2.45) is 0 Å². The van der Waals surface area contributed by atoms with Gasteiger partial charge in [-0.05, 0) is 37.4 Å². The van der Waals surface area contributed by atoms with Crippen molar-refractivity contribution in [1.29, 1.82) is 0 Å². The summed E-state index contributed by atoms with van der Waals surface area (Å²) in [5, 5.41) is 3.99. The number of benzene rings is 3. The first-order valence-corrected chi connectivity index (χ1v) is 10.4. The number of hydrogen-bond acceptors (Lipinski definition) is 1. The topological polar surface area (TPSA) is 7.12 Å². The molecule has 0 aliphatic carbocycles. The third-order valence-electron chi connectivity index (χ3n) is 5.73. The molecular formula is C26H29N2+. The zero-order valence-electron chi connectivity index (χ0n) is 16.9. The van der Waals surface area contributed by atoms with Crippen LogP contribution in [0.2, 0.25) is 0 Å². The summed E-state index contributed by atoms with van der Waals surface area (Å²) < 4.78 is 2.54. The Morgan fingerprint density at radius 2 is 1.29 bits per heavy atom. The van der Waals surface area contributed by atoms with Crippen molar-refractivity contribution >= 4 is 21.7 Å². The molecular weight excluding hydrogens is 340 g/mol. The van der Waals surface area contributed by atoms with Crippen LogP contribution in [0.15, 0.2) is 78.9 Å². The van der Waals surface area contributed by atoms with Crippen molar-refractivity contribution in [3.8, 4) is 11.3 Å². The number of fused-ring (bicyclic) bond motifs is 3. The van der Waals surface area contributed by atoms with Gasteiger partial charge in [0.15, 0.2) is 6.54 Å². The van der Waals surface area contributed by atoms with Gasteiger partial charge < -0.3 is 4.90 Å². The van der Waals surface area contributed by atoms with Crippen molar-refractivity contribution in [1.82, 2.24) is 4.90 Å². The monoisotopic (exact) mass is 369 g/mol. The highest BCUT2D eigenvalue weighted by molar-refractivity contribution is 6.08. The molecule has 0 N–H and O–H groups in total. The molecule has 0 radical (unpaired) electrons. The van der Waals surface area contributed by atoms with Gasteiger partial charge in [-0.2, -0.15) is 4.57 Å². The van der Waals surface area contributed by atoms with E-state index in [1.54, 1.807) is 0 Å². The Bertz CT molecular complexity index is 1070. The van der Waals surface area contributed by atoms with Gasteiger partial charge in [0.2, 0.25) is 11.2 Å². The Morgan fingerprint density at radius 1 is 0.679 bits per heavy atom. The predicted octanol–water partition coefficient (Wildman–Crippen LogP) is 5.68. The smallest absolute Gasteiger partial charge is 0.220 e. The lowest BCUT2D eigenvalue weighted by Crippen LogP contribution is -2.39. The predicted molar refractivity (Wildman–Crippen MR) is 119 cm³/mol. The lowest BCUT2D eigenvalue weighted by atomic mass is 9.99. The number of nitrogens with zero attached hydrogens (tertiary/aromatic N) is 2. The summed E-state index contributed by atoms with van der Waals surface area (Å²) in [5.41, 5.74) is 3.93. The molecule has 0 aliphatic rings. The van der Waals surface area contributed by atoms with Crippen molar-refractivity contribution in [2.45, 2.75) is 26.8 Å². The van der Waals surface area contributed by atoms with Gasteiger partial charge in [0.1, 0.15) is 0 Å². The minimum Gasteiger partial charge on any atom is -0.304 e. The first kappa shape index (κ1) is 18.6. The number of aromatic nitrogens is 1. The number of aryl methyl sites for hydroxylation is 1. The first-order chi connectivity index (χ1) is 13.8. The second kappa shape index (κ2) is 8.53. The molecule has 0 bridgehead atoms. The SMILES string of the molecule is CCN(CC)CCC[n+]1c(-c2ccccc2)c2ccccc2c2ccccc21. The standard InChI is InChI=1S/C26H29N2/c1-3-27(4-2)19-12-20-28-25-18-11-10-16-23(25)22-15-8-9-17-24(22)26(28)21-13-6-5-7-14-21/h5-11,13-18H,3-4,12,19-20H2,1-2H3/q+1.